The zero-order valence-corrected chi connectivity index (χ0v) is 7.13. The molecule has 3 aliphatic rings. The third-order valence-corrected chi connectivity index (χ3v) is 4.39. The van der Waals surface area contributed by atoms with Crippen molar-refractivity contribution in [2.24, 2.45) is 23.7 Å². The molecule has 0 unspecified atom stereocenters. The lowest BCUT2D eigenvalue weighted by Crippen LogP contribution is -2.66. The standard InChI is InChI=1S/C10H17N/c11-10-5-7-1-6-2-8(3-7)9(10)4-6/h6-10H,1-5,11H2/p+1/t6-,7+,8+,9+,10-/m0/s1. The molecule has 5 atom stereocenters. The van der Waals surface area contributed by atoms with E-state index in [1.165, 1.54) is 12.8 Å². The Balaban J connectivity index is 1.94. The predicted molar refractivity (Wildman–Crippen MR) is 43.7 cm³/mol. The highest BCUT2D eigenvalue weighted by atomic mass is 14.7. The zero-order chi connectivity index (χ0) is 7.42. The van der Waals surface area contributed by atoms with Gasteiger partial charge in [-0.25, -0.2) is 0 Å². The normalized spacial score (nSPS) is 60.3. The van der Waals surface area contributed by atoms with E-state index < -0.39 is 0 Å². The van der Waals surface area contributed by atoms with Gasteiger partial charge in [-0.1, -0.05) is 0 Å². The molecule has 0 aromatic rings. The second kappa shape index (κ2) is 2.01. The van der Waals surface area contributed by atoms with E-state index in [0.29, 0.717) is 0 Å². The molecule has 1 heteroatoms. The lowest BCUT2D eigenvalue weighted by atomic mass is 9.70. The molecule has 0 spiro atoms. The highest BCUT2D eigenvalue weighted by Gasteiger charge is 2.49. The summed E-state index contributed by atoms with van der Waals surface area (Å²) < 4.78 is 0. The Morgan fingerprint density at radius 2 is 1.55 bits per heavy atom. The van der Waals surface area contributed by atoms with Crippen LogP contribution >= 0.6 is 0 Å². The van der Waals surface area contributed by atoms with Gasteiger partial charge in [-0.15, -0.1) is 0 Å². The minimum Gasteiger partial charge on any atom is -0.355 e. The van der Waals surface area contributed by atoms with Gasteiger partial charge in [0.25, 0.3) is 0 Å². The zero-order valence-electron chi connectivity index (χ0n) is 7.13. The van der Waals surface area contributed by atoms with E-state index in [-0.39, 0.29) is 0 Å². The molecule has 3 rings (SSSR count). The van der Waals surface area contributed by atoms with E-state index in [4.69, 9.17) is 0 Å². The Morgan fingerprint density at radius 3 is 2.36 bits per heavy atom. The average molecular weight is 152 g/mol. The first kappa shape index (κ1) is 6.47. The van der Waals surface area contributed by atoms with E-state index >= 15 is 0 Å². The molecular formula is C10H18N+. The summed E-state index contributed by atoms with van der Waals surface area (Å²) in [7, 11) is 0. The fourth-order valence-electron chi connectivity index (χ4n) is 4.11. The van der Waals surface area contributed by atoms with Crippen LogP contribution in [-0.2, 0) is 0 Å². The van der Waals surface area contributed by atoms with Crippen molar-refractivity contribution < 1.29 is 5.73 Å². The molecule has 11 heavy (non-hydrogen) atoms. The molecule has 3 aliphatic carbocycles. The molecule has 3 N–H and O–H groups in total. The molecule has 62 valence electrons. The van der Waals surface area contributed by atoms with Crippen LogP contribution in [0.1, 0.15) is 32.1 Å². The molecule has 0 heterocycles. The van der Waals surface area contributed by atoms with Crippen molar-refractivity contribution in [3.8, 4) is 0 Å². The van der Waals surface area contributed by atoms with Crippen molar-refractivity contribution in [1.82, 2.24) is 0 Å². The van der Waals surface area contributed by atoms with Gasteiger partial charge in [0.2, 0.25) is 0 Å². The second-order valence-corrected chi connectivity index (χ2v) is 5.09. The Hall–Kier alpha value is -0.0400. The fraction of sp³-hybridized carbons (Fsp3) is 1.00. The minimum absolute atomic E-state index is 0.825. The van der Waals surface area contributed by atoms with Crippen molar-refractivity contribution in [3.05, 3.63) is 0 Å². The maximum Gasteiger partial charge on any atom is 0.0877 e. The van der Waals surface area contributed by atoms with Crippen LogP contribution in [0.25, 0.3) is 0 Å². The molecule has 0 saturated heterocycles. The Bertz CT molecular complexity index is 173. The van der Waals surface area contributed by atoms with Crippen molar-refractivity contribution >= 4 is 0 Å². The first-order chi connectivity index (χ1) is 5.33. The van der Waals surface area contributed by atoms with Gasteiger partial charge in [-0.3, -0.25) is 0 Å². The van der Waals surface area contributed by atoms with Crippen molar-refractivity contribution in [1.29, 1.82) is 0 Å². The van der Waals surface area contributed by atoms with Crippen LogP contribution in [0.15, 0.2) is 0 Å². The van der Waals surface area contributed by atoms with Gasteiger partial charge in [0.05, 0.1) is 6.04 Å². The summed E-state index contributed by atoms with van der Waals surface area (Å²) in [4.78, 5) is 0. The molecule has 0 aromatic carbocycles. The van der Waals surface area contributed by atoms with Gasteiger partial charge < -0.3 is 5.73 Å². The second-order valence-electron chi connectivity index (χ2n) is 5.09. The minimum atomic E-state index is 0.825. The van der Waals surface area contributed by atoms with Gasteiger partial charge in [-0.2, -0.15) is 0 Å². The lowest BCUT2D eigenvalue weighted by Gasteiger charge is -2.35. The van der Waals surface area contributed by atoms with E-state index in [9.17, 15) is 0 Å². The summed E-state index contributed by atoms with van der Waals surface area (Å²) in [6.07, 6.45) is 7.67. The summed E-state index contributed by atoms with van der Waals surface area (Å²) in [5, 5.41) is 0. The van der Waals surface area contributed by atoms with Gasteiger partial charge in [-0.05, 0) is 43.4 Å². The molecule has 3 bridgehead atoms. The Morgan fingerprint density at radius 1 is 0.818 bits per heavy atom. The first-order valence-electron chi connectivity index (χ1n) is 5.16. The average Bonchev–Trinajstić information content (AvgIpc) is 2.19. The highest BCUT2D eigenvalue weighted by Crippen LogP contribution is 2.54. The van der Waals surface area contributed by atoms with E-state index in [1.54, 1.807) is 19.3 Å². The first-order valence-corrected chi connectivity index (χ1v) is 5.16. The maximum absolute atomic E-state index is 4.32. The molecule has 0 aliphatic heterocycles. The Labute approximate surface area is 68.3 Å². The summed E-state index contributed by atoms with van der Waals surface area (Å²) in [5.41, 5.74) is 4.32. The fourth-order valence-corrected chi connectivity index (χ4v) is 4.11. The summed E-state index contributed by atoms with van der Waals surface area (Å²) in [5.74, 6) is 4.35. The third-order valence-electron chi connectivity index (χ3n) is 4.39. The molecule has 0 amide bonds. The lowest BCUT2D eigenvalue weighted by molar-refractivity contribution is -0.442. The number of hydrogen-bond acceptors (Lipinski definition) is 0. The van der Waals surface area contributed by atoms with Crippen molar-refractivity contribution in [3.63, 3.8) is 0 Å². The van der Waals surface area contributed by atoms with Crippen molar-refractivity contribution in [2.75, 3.05) is 0 Å². The smallest absolute Gasteiger partial charge is 0.0877 e. The number of quaternary nitrogens is 1. The van der Waals surface area contributed by atoms with Crippen LogP contribution in [0, 0.1) is 23.7 Å². The van der Waals surface area contributed by atoms with Crippen LogP contribution < -0.4 is 5.73 Å². The third kappa shape index (κ3) is 0.807. The molecular weight excluding hydrogens is 134 g/mol. The van der Waals surface area contributed by atoms with E-state index in [1.807, 2.05) is 0 Å². The molecule has 3 fully saturated rings. The van der Waals surface area contributed by atoms with Gasteiger partial charge in [0.15, 0.2) is 0 Å². The van der Waals surface area contributed by atoms with Crippen molar-refractivity contribution in [2.45, 2.75) is 38.1 Å². The van der Waals surface area contributed by atoms with Crippen LogP contribution in [0.4, 0.5) is 0 Å². The summed E-state index contributed by atoms with van der Waals surface area (Å²) in [6.45, 7) is 0. The predicted octanol–water partition coefficient (Wildman–Crippen LogP) is 1.05. The summed E-state index contributed by atoms with van der Waals surface area (Å²) in [6, 6.07) is 0.825. The molecule has 0 aromatic heterocycles. The quantitative estimate of drug-likeness (QED) is 0.537. The van der Waals surface area contributed by atoms with Crippen LogP contribution in [0.3, 0.4) is 0 Å². The number of fused-ring (bicyclic) bond motifs is 2. The van der Waals surface area contributed by atoms with Gasteiger partial charge in [0, 0.05) is 12.3 Å². The van der Waals surface area contributed by atoms with Gasteiger partial charge in [0.1, 0.15) is 0 Å². The largest absolute Gasteiger partial charge is 0.355 e. The number of hydrogen-bond donors (Lipinski definition) is 1. The summed E-state index contributed by atoms with van der Waals surface area (Å²) >= 11 is 0. The SMILES string of the molecule is [NH3+][C@H]1C[C@@H]2C[C@H]3C[C@H](C2)[C@H]1C3. The molecule has 1 nitrogen and oxygen atoms in total. The van der Waals surface area contributed by atoms with E-state index in [0.717, 1.165) is 29.7 Å². The number of rotatable bonds is 0. The van der Waals surface area contributed by atoms with Crippen LogP contribution in [0.2, 0.25) is 0 Å². The van der Waals surface area contributed by atoms with Gasteiger partial charge >= 0.3 is 0 Å². The van der Waals surface area contributed by atoms with Crippen LogP contribution in [0.5, 0.6) is 0 Å². The van der Waals surface area contributed by atoms with Crippen LogP contribution in [-0.4, -0.2) is 6.04 Å². The molecule has 3 saturated carbocycles. The Kier molecular flexibility index (Phi) is 1.18. The maximum atomic E-state index is 4.32. The van der Waals surface area contributed by atoms with E-state index in [2.05, 4.69) is 5.73 Å². The monoisotopic (exact) mass is 152 g/mol. The molecule has 0 radical (unpaired) electrons. The topological polar surface area (TPSA) is 27.6 Å². The highest BCUT2D eigenvalue weighted by molar-refractivity contribution is 4.98.